The van der Waals surface area contributed by atoms with E-state index in [1.165, 1.54) is 5.69 Å². The average molecular weight is 276 g/mol. The Hall–Kier alpha value is -1.55. The largest absolute Gasteiger partial charge is 0.481 e. The van der Waals surface area contributed by atoms with Gasteiger partial charge in [-0.25, -0.2) is 0 Å². The van der Waals surface area contributed by atoms with Crippen molar-refractivity contribution in [3.63, 3.8) is 0 Å². The first kappa shape index (κ1) is 14.9. The highest BCUT2D eigenvalue weighted by Gasteiger charge is 2.19. The van der Waals surface area contributed by atoms with Gasteiger partial charge in [0.1, 0.15) is 0 Å². The van der Waals surface area contributed by atoms with Crippen molar-refractivity contribution < 1.29 is 9.90 Å². The maximum atomic E-state index is 11.0. The van der Waals surface area contributed by atoms with Crippen molar-refractivity contribution in [2.75, 3.05) is 31.1 Å². The molecule has 0 saturated carbocycles. The van der Waals surface area contributed by atoms with Crippen LogP contribution in [0.5, 0.6) is 0 Å². The van der Waals surface area contributed by atoms with Gasteiger partial charge in [-0.3, -0.25) is 9.69 Å². The van der Waals surface area contributed by atoms with E-state index in [0.29, 0.717) is 6.04 Å². The fourth-order valence-electron chi connectivity index (χ4n) is 2.61. The molecule has 1 aromatic rings. The Morgan fingerprint density at radius 1 is 1.05 bits per heavy atom. The van der Waals surface area contributed by atoms with E-state index in [9.17, 15) is 4.79 Å². The van der Waals surface area contributed by atoms with Gasteiger partial charge in [0.25, 0.3) is 0 Å². The summed E-state index contributed by atoms with van der Waals surface area (Å²) in [6.07, 6.45) is 0. The molecule has 110 valence electrons. The molecular formula is C16H24N2O2. The van der Waals surface area contributed by atoms with Crippen molar-refractivity contribution in [1.82, 2.24) is 4.90 Å². The molecule has 0 aliphatic carbocycles. The van der Waals surface area contributed by atoms with E-state index in [1.54, 1.807) is 6.92 Å². The zero-order valence-electron chi connectivity index (χ0n) is 12.5. The SMILES string of the molecule is CC(C(=O)O)c1ccc(N2CCN(C(C)C)CC2)cc1. The molecule has 1 saturated heterocycles. The van der Waals surface area contributed by atoms with Crippen LogP contribution in [0.25, 0.3) is 0 Å². The van der Waals surface area contributed by atoms with Crippen molar-refractivity contribution >= 4 is 11.7 Å². The van der Waals surface area contributed by atoms with Crippen molar-refractivity contribution in [3.05, 3.63) is 29.8 Å². The average Bonchev–Trinajstić information content (AvgIpc) is 2.46. The van der Waals surface area contributed by atoms with E-state index in [4.69, 9.17) is 5.11 Å². The molecule has 20 heavy (non-hydrogen) atoms. The first-order valence-corrected chi connectivity index (χ1v) is 7.31. The number of rotatable bonds is 4. The van der Waals surface area contributed by atoms with Crippen LogP contribution in [0.3, 0.4) is 0 Å². The third kappa shape index (κ3) is 3.31. The molecule has 0 radical (unpaired) electrons. The molecule has 0 bridgehead atoms. The van der Waals surface area contributed by atoms with Crippen LogP contribution < -0.4 is 4.90 Å². The van der Waals surface area contributed by atoms with Crippen LogP contribution in [0, 0.1) is 0 Å². The molecule has 1 heterocycles. The van der Waals surface area contributed by atoms with E-state index >= 15 is 0 Å². The Morgan fingerprint density at radius 3 is 2.05 bits per heavy atom. The zero-order chi connectivity index (χ0) is 14.7. The van der Waals surface area contributed by atoms with E-state index in [-0.39, 0.29) is 0 Å². The molecule has 4 nitrogen and oxygen atoms in total. The first-order chi connectivity index (χ1) is 9.49. The molecule has 1 unspecified atom stereocenters. The van der Waals surface area contributed by atoms with E-state index in [2.05, 4.69) is 23.6 Å². The predicted octanol–water partition coefficient (Wildman–Crippen LogP) is 2.41. The molecule has 0 aromatic heterocycles. The van der Waals surface area contributed by atoms with Crippen LogP contribution in [-0.2, 0) is 4.79 Å². The van der Waals surface area contributed by atoms with Gasteiger partial charge < -0.3 is 10.0 Å². The Bertz CT molecular complexity index is 448. The van der Waals surface area contributed by atoms with Gasteiger partial charge in [0, 0.05) is 37.9 Å². The van der Waals surface area contributed by atoms with Gasteiger partial charge in [0.2, 0.25) is 0 Å². The van der Waals surface area contributed by atoms with Crippen molar-refractivity contribution in [2.45, 2.75) is 32.7 Å². The third-order valence-corrected chi connectivity index (χ3v) is 4.17. The fraction of sp³-hybridized carbons (Fsp3) is 0.562. The molecule has 1 fully saturated rings. The minimum Gasteiger partial charge on any atom is -0.481 e. The highest BCUT2D eigenvalue weighted by molar-refractivity contribution is 5.75. The molecule has 1 aliphatic heterocycles. The second-order valence-corrected chi connectivity index (χ2v) is 5.77. The maximum Gasteiger partial charge on any atom is 0.310 e. The second-order valence-electron chi connectivity index (χ2n) is 5.77. The standard InChI is InChI=1S/C16H24N2O2/c1-12(2)17-8-10-18(11-9-17)15-6-4-14(5-7-15)13(3)16(19)20/h4-7,12-13H,8-11H2,1-3H3,(H,19,20). The number of hydrogen-bond donors (Lipinski definition) is 1. The summed E-state index contributed by atoms with van der Waals surface area (Å²) in [7, 11) is 0. The van der Waals surface area contributed by atoms with Gasteiger partial charge in [0.15, 0.2) is 0 Å². The lowest BCUT2D eigenvalue weighted by Gasteiger charge is -2.38. The van der Waals surface area contributed by atoms with Gasteiger partial charge in [-0.15, -0.1) is 0 Å². The van der Waals surface area contributed by atoms with Crippen molar-refractivity contribution in [3.8, 4) is 0 Å². The highest BCUT2D eigenvalue weighted by Crippen LogP contribution is 2.22. The first-order valence-electron chi connectivity index (χ1n) is 7.31. The Kier molecular flexibility index (Phi) is 4.65. The van der Waals surface area contributed by atoms with E-state index < -0.39 is 11.9 Å². The van der Waals surface area contributed by atoms with Crippen molar-refractivity contribution in [1.29, 1.82) is 0 Å². The van der Waals surface area contributed by atoms with Crippen LogP contribution in [-0.4, -0.2) is 48.2 Å². The van der Waals surface area contributed by atoms with Crippen LogP contribution in [0.15, 0.2) is 24.3 Å². The van der Waals surface area contributed by atoms with Gasteiger partial charge in [0.05, 0.1) is 5.92 Å². The summed E-state index contributed by atoms with van der Waals surface area (Å²) < 4.78 is 0. The monoisotopic (exact) mass is 276 g/mol. The Labute approximate surface area is 121 Å². The molecule has 1 aliphatic rings. The summed E-state index contributed by atoms with van der Waals surface area (Å²) in [5.41, 5.74) is 2.05. The lowest BCUT2D eigenvalue weighted by atomic mass is 10.0. The summed E-state index contributed by atoms with van der Waals surface area (Å²) >= 11 is 0. The number of piperazine rings is 1. The fourth-order valence-corrected chi connectivity index (χ4v) is 2.61. The summed E-state index contributed by atoms with van der Waals surface area (Å²) in [6.45, 7) is 10.4. The number of anilines is 1. The third-order valence-electron chi connectivity index (χ3n) is 4.17. The minimum absolute atomic E-state index is 0.443. The van der Waals surface area contributed by atoms with E-state index in [1.807, 2.05) is 24.3 Å². The number of carboxylic acids is 1. The lowest BCUT2D eigenvalue weighted by Crippen LogP contribution is -2.48. The zero-order valence-corrected chi connectivity index (χ0v) is 12.5. The number of carboxylic acid groups (broad SMARTS) is 1. The number of hydrogen-bond acceptors (Lipinski definition) is 3. The summed E-state index contributed by atoms with van der Waals surface area (Å²) in [5, 5.41) is 9.02. The predicted molar refractivity (Wildman–Crippen MR) is 81.4 cm³/mol. The van der Waals surface area contributed by atoms with Crippen LogP contribution in [0.4, 0.5) is 5.69 Å². The molecule has 4 heteroatoms. The number of aliphatic carboxylic acids is 1. The maximum absolute atomic E-state index is 11.0. The number of nitrogens with zero attached hydrogens (tertiary/aromatic N) is 2. The molecular weight excluding hydrogens is 252 g/mol. The molecule has 2 rings (SSSR count). The molecule has 0 spiro atoms. The van der Waals surface area contributed by atoms with Crippen LogP contribution in [0.2, 0.25) is 0 Å². The van der Waals surface area contributed by atoms with Crippen LogP contribution in [0.1, 0.15) is 32.3 Å². The van der Waals surface area contributed by atoms with Gasteiger partial charge in [-0.05, 0) is 38.5 Å². The molecule has 1 N–H and O–H groups in total. The molecule has 1 atom stereocenters. The van der Waals surface area contributed by atoms with Gasteiger partial charge >= 0.3 is 5.97 Å². The summed E-state index contributed by atoms with van der Waals surface area (Å²) in [5.74, 6) is -1.22. The molecule has 1 aromatic carbocycles. The Balaban J connectivity index is 1.99. The van der Waals surface area contributed by atoms with Crippen molar-refractivity contribution in [2.24, 2.45) is 0 Å². The molecule has 0 amide bonds. The quantitative estimate of drug-likeness (QED) is 0.917. The second kappa shape index (κ2) is 6.27. The topological polar surface area (TPSA) is 43.8 Å². The number of carbonyl (C=O) groups is 1. The Morgan fingerprint density at radius 2 is 1.60 bits per heavy atom. The van der Waals surface area contributed by atoms with Crippen LogP contribution >= 0.6 is 0 Å². The summed E-state index contributed by atoms with van der Waals surface area (Å²) in [6, 6.07) is 8.56. The minimum atomic E-state index is -0.775. The summed E-state index contributed by atoms with van der Waals surface area (Å²) in [4.78, 5) is 15.8. The lowest BCUT2D eigenvalue weighted by molar-refractivity contribution is -0.138. The number of benzene rings is 1. The van der Waals surface area contributed by atoms with Gasteiger partial charge in [-0.2, -0.15) is 0 Å². The normalized spacial score (nSPS) is 18.3. The van der Waals surface area contributed by atoms with Gasteiger partial charge in [-0.1, -0.05) is 12.1 Å². The smallest absolute Gasteiger partial charge is 0.310 e. The highest BCUT2D eigenvalue weighted by atomic mass is 16.4. The van der Waals surface area contributed by atoms with E-state index in [0.717, 1.165) is 31.7 Å².